The fourth-order valence-corrected chi connectivity index (χ4v) is 4.34. The fourth-order valence-electron chi connectivity index (χ4n) is 3.00. The molecule has 1 saturated heterocycles. The number of hydrogen-bond acceptors (Lipinski definition) is 6. The topological polar surface area (TPSA) is 78.7 Å². The average molecular weight is 364 g/mol. The van der Waals surface area contributed by atoms with Crippen LogP contribution in [0.4, 0.5) is 5.69 Å². The van der Waals surface area contributed by atoms with Gasteiger partial charge < -0.3 is 14.3 Å². The number of piperazine rings is 1. The summed E-state index contributed by atoms with van der Waals surface area (Å²) in [7, 11) is -1.50. The summed E-state index contributed by atoms with van der Waals surface area (Å²) in [5, 5.41) is 3.70. The Labute approximate surface area is 148 Å². The predicted octanol–water partition coefficient (Wildman–Crippen LogP) is 1.52. The first kappa shape index (κ1) is 17.9. The highest BCUT2D eigenvalue weighted by atomic mass is 32.2. The van der Waals surface area contributed by atoms with Gasteiger partial charge in [-0.05, 0) is 38.6 Å². The zero-order valence-electron chi connectivity index (χ0n) is 14.8. The van der Waals surface area contributed by atoms with Gasteiger partial charge in [-0.25, -0.2) is 13.1 Å². The molecule has 0 spiro atoms. The van der Waals surface area contributed by atoms with Crippen LogP contribution in [0.2, 0.25) is 0 Å². The monoisotopic (exact) mass is 364 g/mol. The third kappa shape index (κ3) is 4.02. The molecule has 8 heteroatoms. The third-order valence-corrected chi connectivity index (χ3v) is 6.15. The highest BCUT2D eigenvalue weighted by Crippen LogP contribution is 2.20. The number of benzene rings is 1. The van der Waals surface area contributed by atoms with Crippen LogP contribution in [-0.4, -0.2) is 51.7 Å². The van der Waals surface area contributed by atoms with E-state index in [1.165, 1.54) is 5.69 Å². The molecule has 7 nitrogen and oxygen atoms in total. The van der Waals surface area contributed by atoms with Gasteiger partial charge in [0.25, 0.3) is 0 Å². The van der Waals surface area contributed by atoms with E-state index in [0.717, 1.165) is 31.7 Å². The number of sulfonamides is 1. The molecule has 0 atom stereocenters. The van der Waals surface area contributed by atoms with Crippen molar-refractivity contribution in [1.29, 1.82) is 0 Å². The summed E-state index contributed by atoms with van der Waals surface area (Å²) in [5.41, 5.74) is 2.45. The van der Waals surface area contributed by atoms with Crippen molar-refractivity contribution >= 4 is 15.7 Å². The van der Waals surface area contributed by atoms with Crippen LogP contribution in [0.15, 0.2) is 33.7 Å². The molecule has 0 aliphatic carbocycles. The number of nitrogens with zero attached hydrogens (tertiary/aromatic N) is 3. The quantitative estimate of drug-likeness (QED) is 0.867. The molecule has 1 aromatic heterocycles. The lowest BCUT2D eigenvalue weighted by molar-refractivity contribution is 0.313. The molecule has 2 aromatic rings. The second-order valence-corrected chi connectivity index (χ2v) is 8.14. The lowest BCUT2D eigenvalue weighted by Crippen LogP contribution is -2.44. The Morgan fingerprint density at radius 3 is 2.32 bits per heavy atom. The zero-order valence-corrected chi connectivity index (χ0v) is 15.6. The number of likely N-dealkylation sites (N-methyl/N-ethyl adjacent to an activating group) is 1. The number of nitrogens with one attached hydrogen (secondary N) is 1. The molecule has 3 rings (SSSR count). The van der Waals surface area contributed by atoms with Gasteiger partial charge in [-0.2, -0.15) is 0 Å². The number of aromatic nitrogens is 1. The Morgan fingerprint density at radius 1 is 1.12 bits per heavy atom. The van der Waals surface area contributed by atoms with Crippen molar-refractivity contribution < 1.29 is 12.9 Å². The van der Waals surface area contributed by atoms with Crippen molar-refractivity contribution in [2.75, 3.05) is 38.1 Å². The molecule has 2 heterocycles. The van der Waals surface area contributed by atoms with Gasteiger partial charge in [0.05, 0.1) is 0 Å². The summed E-state index contributed by atoms with van der Waals surface area (Å²) in [6.07, 6.45) is 0. The van der Waals surface area contributed by atoms with Crippen molar-refractivity contribution in [3.63, 3.8) is 0 Å². The van der Waals surface area contributed by atoms with Crippen LogP contribution in [0.1, 0.15) is 17.0 Å². The number of anilines is 1. The molecule has 1 aliphatic heterocycles. The zero-order chi connectivity index (χ0) is 18.0. The van der Waals surface area contributed by atoms with Gasteiger partial charge in [0.1, 0.15) is 10.6 Å². The van der Waals surface area contributed by atoms with E-state index in [0.29, 0.717) is 11.5 Å². The second kappa shape index (κ2) is 7.15. The molecule has 1 N–H and O–H groups in total. The molecule has 136 valence electrons. The first-order chi connectivity index (χ1) is 11.9. The fraction of sp³-hybridized carbons (Fsp3) is 0.471. The highest BCUT2D eigenvalue weighted by Gasteiger charge is 2.23. The molecule has 0 radical (unpaired) electrons. The average Bonchev–Trinajstić information content (AvgIpc) is 2.94. The van der Waals surface area contributed by atoms with Gasteiger partial charge in [-0.1, -0.05) is 17.3 Å². The van der Waals surface area contributed by atoms with Gasteiger partial charge in [0.2, 0.25) is 10.0 Å². The molecule has 0 saturated carbocycles. The van der Waals surface area contributed by atoms with E-state index in [9.17, 15) is 8.42 Å². The molecule has 1 aromatic carbocycles. The van der Waals surface area contributed by atoms with E-state index in [1.807, 2.05) is 24.3 Å². The van der Waals surface area contributed by atoms with E-state index < -0.39 is 10.0 Å². The summed E-state index contributed by atoms with van der Waals surface area (Å²) in [4.78, 5) is 4.79. The van der Waals surface area contributed by atoms with Gasteiger partial charge in [0.15, 0.2) is 5.76 Å². The van der Waals surface area contributed by atoms with Crippen molar-refractivity contribution in [2.45, 2.75) is 25.3 Å². The Balaban J connectivity index is 1.64. The molecule has 0 bridgehead atoms. The van der Waals surface area contributed by atoms with Gasteiger partial charge in [-0.15, -0.1) is 0 Å². The SMILES string of the molecule is Cc1noc(C)c1S(=O)(=O)NCc1ccc(N2CCN(C)CC2)cc1. The minimum Gasteiger partial charge on any atom is -0.369 e. The van der Waals surface area contributed by atoms with Crippen molar-refractivity contribution in [2.24, 2.45) is 0 Å². The van der Waals surface area contributed by atoms with Crippen molar-refractivity contribution in [1.82, 2.24) is 14.8 Å². The maximum atomic E-state index is 12.4. The summed E-state index contributed by atoms with van der Waals surface area (Å²) in [5.74, 6) is 0.301. The van der Waals surface area contributed by atoms with Gasteiger partial charge in [-0.3, -0.25) is 0 Å². The standard InChI is InChI=1S/C17H24N4O3S/c1-13-17(14(2)24-19-13)25(22,23)18-12-15-4-6-16(7-5-15)21-10-8-20(3)9-11-21/h4-7,18H,8-12H2,1-3H3. The van der Waals surface area contributed by atoms with E-state index in [2.05, 4.69) is 26.7 Å². The number of hydrogen-bond donors (Lipinski definition) is 1. The molecule has 25 heavy (non-hydrogen) atoms. The van der Waals surface area contributed by atoms with Crippen LogP contribution in [0.3, 0.4) is 0 Å². The summed E-state index contributed by atoms with van der Waals surface area (Å²) >= 11 is 0. The Kier molecular flexibility index (Phi) is 5.12. The largest absolute Gasteiger partial charge is 0.369 e. The van der Waals surface area contributed by atoms with E-state index >= 15 is 0 Å². The van der Waals surface area contributed by atoms with Crippen LogP contribution in [0.25, 0.3) is 0 Å². The summed E-state index contributed by atoms with van der Waals surface area (Å²) in [6.45, 7) is 7.58. The van der Waals surface area contributed by atoms with E-state index in [-0.39, 0.29) is 11.4 Å². The normalized spacial score (nSPS) is 16.4. The first-order valence-electron chi connectivity index (χ1n) is 8.32. The maximum absolute atomic E-state index is 12.4. The van der Waals surface area contributed by atoms with Gasteiger partial charge >= 0.3 is 0 Å². The number of rotatable bonds is 5. The smallest absolute Gasteiger partial charge is 0.246 e. The summed E-state index contributed by atoms with van der Waals surface area (Å²) in [6, 6.07) is 8.02. The number of aryl methyl sites for hydroxylation is 2. The molecule has 1 fully saturated rings. The molecule has 0 unspecified atom stereocenters. The minimum atomic E-state index is -3.64. The molecule has 1 aliphatic rings. The van der Waals surface area contributed by atoms with Crippen molar-refractivity contribution in [3.05, 3.63) is 41.3 Å². The van der Waals surface area contributed by atoms with Gasteiger partial charge in [0, 0.05) is 38.4 Å². The lowest BCUT2D eigenvalue weighted by atomic mass is 10.2. The van der Waals surface area contributed by atoms with E-state index in [1.54, 1.807) is 13.8 Å². The molecular formula is C17H24N4O3S. The van der Waals surface area contributed by atoms with Crippen LogP contribution in [0.5, 0.6) is 0 Å². The molecular weight excluding hydrogens is 340 g/mol. The van der Waals surface area contributed by atoms with Crippen LogP contribution < -0.4 is 9.62 Å². The first-order valence-corrected chi connectivity index (χ1v) is 9.80. The summed E-state index contributed by atoms with van der Waals surface area (Å²) < 4.78 is 32.4. The van der Waals surface area contributed by atoms with E-state index in [4.69, 9.17) is 4.52 Å². The highest BCUT2D eigenvalue weighted by molar-refractivity contribution is 7.89. The van der Waals surface area contributed by atoms with Crippen LogP contribution in [0, 0.1) is 13.8 Å². The Bertz CT molecular complexity index is 803. The van der Waals surface area contributed by atoms with Crippen molar-refractivity contribution in [3.8, 4) is 0 Å². The molecule has 0 amide bonds. The third-order valence-electron chi connectivity index (χ3n) is 4.51. The lowest BCUT2D eigenvalue weighted by Gasteiger charge is -2.34. The predicted molar refractivity (Wildman–Crippen MR) is 96.2 cm³/mol. The minimum absolute atomic E-state index is 0.126. The Hall–Kier alpha value is -1.90. The van der Waals surface area contributed by atoms with Crippen LogP contribution in [-0.2, 0) is 16.6 Å². The van der Waals surface area contributed by atoms with Crippen LogP contribution >= 0.6 is 0 Å². The Morgan fingerprint density at radius 2 is 1.76 bits per heavy atom. The second-order valence-electron chi connectivity index (χ2n) is 6.43. The maximum Gasteiger partial charge on any atom is 0.246 e.